The summed E-state index contributed by atoms with van der Waals surface area (Å²) in [5, 5.41) is 0. The Bertz CT molecular complexity index is 736. The maximum atomic E-state index is 12.3. The van der Waals surface area contributed by atoms with E-state index in [9.17, 15) is 13.2 Å². The van der Waals surface area contributed by atoms with Crippen LogP contribution in [0.25, 0.3) is 0 Å². The fraction of sp³-hybridized carbons (Fsp3) is 0.143. The van der Waals surface area contributed by atoms with E-state index in [1.165, 1.54) is 18.3 Å². The van der Waals surface area contributed by atoms with Gasteiger partial charge in [0.1, 0.15) is 0 Å². The summed E-state index contributed by atoms with van der Waals surface area (Å²) in [4.78, 5) is 16.4. The summed E-state index contributed by atoms with van der Waals surface area (Å²) < 4.78 is 23.0. The lowest BCUT2D eigenvalue weighted by molar-refractivity contribution is 0.103. The first-order valence-corrected chi connectivity index (χ1v) is 7.54. The summed E-state index contributed by atoms with van der Waals surface area (Å²) in [5.41, 5.74) is 1.64. The third-order valence-corrected chi connectivity index (χ3v) is 3.92. The van der Waals surface area contributed by atoms with E-state index in [1.807, 2.05) is 6.92 Å². The van der Waals surface area contributed by atoms with Crippen molar-refractivity contribution in [2.24, 2.45) is 0 Å². The molecular formula is C14H13NO3S. The van der Waals surface area contributed by atoms with Gasteiger partial charge in [0.05, 0.1) is 4.90 Å². The molecule has 5 heteroatoms. The predicted octanol–water partition coefficient (Wildman–Crippen LogP) is 2.02. The molecule has 2 rings (SSSR count). The van der Waals surface area contributed by atoms with Crippen LogP contribution in [0.5, 0.6) is 0 Å². The lowest BCUT2D eigenvalue weighted by atomic mass is 10.0. The highest BCUT2D eigenvalue weighted by Gasteiger charge is 2.14. The first-order chi connectivity index (χ1) is 8.89. The van der Waals surface area contributed by atoms with E-state index in [4.69, 9.17) is 0 Å². The zero-order chi connectivity index (χ0) is 14.0. The molecule has 0 aliphatic heterocycles. The second-order valence-corrected chi connectivity index (χ2v) is 6.34. The van der Waals surface area contributed by atoms with Gasteiger partial charge in [-0.15, -0.1) is 0 Å². The third-order valence-electron chi connectivity index (χ3n) is 2.81. The molecule has 1 aromatic heterocycles. The van der Waals surface area contributed by atoms with Crippen molar-refractivity contribution in [2.75, 3.05) is 6.26 Å². The van der Waals surface area contributed by atoms with Crippen molar-refractivity contribution < 1.29 is 13.2 Å². The number of hydrogen-bond acceptors (Lipinski definition) is 4. The van der Waals surface area contributed by atoms with Crippen LogP contribution in [0.4, 0.5) is 0 Å². The highest BCUT2D eigenvalue weighted by atomic mass is 32.2. The summed E-state index contributed by atoms with van der Waals surface area (Å²) in [6.45, 7) is 1.81. The van der Waals surface area contributed by atoms with Crippen molar-refractivity contribution >= 4 is 15.6 Å². The molecule has 0 aliphatic rings. The van der Waals surface area contributed by atoms with Gasteiger partial charge in [-0.2, -0.15) is 0 Å². The van der Waals surface area contributed by atoms with Crippen LogP contribution < -0.4 is 0 Å². The molecule has 0 unspecified atom stereocenters. The summed E-state index contributed by atoms with van der Waals surface area (Å²) in [7, 11) is -3.32. The molecule has 2 aromatic rings. The molecule has 0 N–H and O–H groups in total. The molecule has 0 aliphatic carbocycles. The number of rotatable bonds is 3. The van der Waals surface area contributed by atoms with Crippen LogP contribution in [0.2, 0.25) is 0 Å². The van der Waals surface area contributed by atoms with Gasteiger partial charge >= 0.3 is 0 Å². The van der Waals surface area contributed by atoms with Crippen LogP contribution in [-0.2, 0) is 9.84 Å². The molecule has 0 radical (unpaired) electrons. The molecule has 4 nitrogen and oxygen atoms in total. The minimum Gasteiger partial charge on any atom is -0.289 e. The fourth-order valence-corrected chi connectivity index (χ4v) is 2.39. The summed E-state index contributed by atoms with van der Waals surface area (Å²) >= 11 is 0. The Labute approximate surface area is 112 Å². The minimum atomic E-state index is -3.32. The quantitative estimate of drug-likeness (QED) is 0.804. The summed E-state index contributed by atoms with van der Waals surface area (Å²) in [5.74, 6) is -0.226. The van der Waals surface area contributed by atoms with Crippen molar-refractivity contribution in [3.8, 4) is 0 Å². The van der Waals surface area contributed by atoms with Gasteiger partial charge in [-0.05, 0) is 30.7 Å². The van der Waals surface area contributed by atoms with Crippen LogP contribution in [0.3, 0.4) is 0 Å². The van der Waals surface area contributed by atoms with Crippen LogP contribution in [0.1, 0.15) is 21.5 Å². The van der Waals surface area contributed by atoms with Gasteiger partial charge in [0.25, 0.3) is 0 Å². The van der Waals surface area contributed by atoms with E-state index < -0.39 is 9.84 Å². The number of sulfone groups is 1. The number of carbonyl (C=O) groups excluding carboxylic acids is 1. The normalized spacial score (nSPS) is 11.3. The molecule has 98 valence electrons. The van der Waals surface area contributed by atoms with Crippen LogP contribution >= 0.6 is 0 Å². The molecule has 1 aromatic carbocycles. The third kappa shape index (κ3) is 2.88. The van der Waals surface area contributed by atoms with Gasteiger partial charge in [0.15, 0.2) is 15.6 Å². The smallest absolute Gasteiger partial charge is 0.194 e. The predicted molar refractivity (Wildman–Crippen MR) is 72.0 cm³/mol. The van der Waals surface area contributed by atoms with Crippen LogP contribution in [-0.4, -0.2) is 25.4 Å². The van der Waals surface area contributed by atoms with Crippen molar-refractivity contribution in [3.63, 3.8) is 0 Å². The highest BCUT2D eigenvalue weighted by molar-refractivity contribution is 7.90. The number of pyridine rings is 1. The molecule has 19 heavy (non-hydrogen) atoms. The molecule has 0 spiro atoms. The van der Waals surface area contributed by atoms with E-state index in [-0.39, 0.29) is 10.7 Å². The molecule has 0 bridgehead atoms. The molecule has 0 saturated carbocycles. The largest absolute Gasteiger partial charge is 0.289 e. The van der Waals surface area contributed by atoms with E-state index in [0.29, 0.717) is 11.1 Å². The SMILES string of the molecule is Cc1ccncc1C(=O)c1cccc(S(C)(=O)=O)c1. The summed E-state index contributed by atoms with van der Waals surface area (Å²) in [6.07, 6.45) is 4.22. The zero-order valence-electron chi connectivity index (χ0n) is 10.6. The van der Waals surface area contributed by atoms with E-state index in [2.05, 4.69) is 4.98 Å². The van der Waals surface area contributed by atoms with Crippen LogP contribution in [0, 0.1) is 6.92 Å². The Kier molecular flexibility index (Phi) is 3.48. The second kappa shape index (κ2) is 4.93. The number of carbonyl (C=O) groups is 1. The number of aromatic nitrogens is 1. The van der Waals surface area contributed by atoms with Gasteiger partial charge in [-0.1, -0.05) is 12.1 Å². The van der Waals surface area contributed by atoms with Gasteiger partial charge in [0.2, 0.25) is 0 Å². The first-order valence-electron chi connectivity index (χ1n) is 5.65. The maximum Gasteiger partial charge on any atom is 0.194 e. The first kappa shape index (κ1) is 13.4. The molecule has 0 atom stereocenters. The Morgan fingerprint density at radius 1 is 1.21 bits per heavy atom. The minimum absolute atomic E-state index is 0.139. The van der Waals surface area contributed by atoms with Crippen molar-refractivity contribution in [1.29, 1.82) is 0 Å². The van der Waals surface area contributed by atoms with Gasteiger partial charge in [-0.25, -0.2) is 8.42 Å². The van der Waals surface area contributed by atoms with Gasteiger partial charge < -0.3 is 0 Å². The Morgan fingerprint density at radius 2 is 1.95 bits per heavy atom. The fourth-order valence-electron chi connectivity index (χ4n) is 1.73. The van der Waals surface area contributed by atoms with E-state index in [1.54, 1.807) is 24.4 Å². The lowest BCUT2D eigenvalue weighted by Gasteiger charge is -2.05. The van der Waals surface area contributed by atoms with E-state index in [0.717, 1.165) is 11.8 Å². The molecule has 0 fully saturated rings. The summed E-state index contributed by atoms with van der Waals surface area (Å²) in [6, 6.07) is 7.78. The highest BCUT2D eigenvalue weighted by Crippen LogP contribution is 2.16. The molecule has 0 saturated heterocycles. The second-order valence-electron chi connectivity index (χ2n) is 4.32. The number of nitrogens with zero attached hydrogens (tertiary/aromatic N) is 1. The number of ketones is 1. The van der Waals surface area contributed by atoms with E-state index >= 15 is 0 Å². The standard InChI is InChI=1S/C14H13NO3S/c1-10-6-7-15-9-13(10)14(16)11-4-3-5-12(8-11)19(2,17)18/h3-9H,1-2H3. The maximum absolute atomic E-state index is 12.3. The van der Waals surface area contributed by atoms with Crippen molar-refractivity contribution in [3.05, 3.63) is 59.4 Å². The molecule has 1 heterocycles. The van der Waals surface area contributed by atoms with Crippen molar-refractivity contribution in [1.82, 2.24) is 4.98 Å². The average molecular weight is 275 g/mol. The topological polar surface area (TPSA) is 64.1 Å². The van der Waals surface area contributed by atoms with Gasteiger partial charge in [-0.3, -0.25) is 9.78 Å². The lowest BCUT2D eigenvalue weighted by Crippen LogP contribution is -2.06. The average Bonchev–Trinajstić information content (AvgIpc) is 2.38. The molecular weight excluding hydrogens is 262 g/mol. The van der Waals surface area contributed by atoms with Crippen LogP contribution in [0.15, 0.2) is 47.6 Å². The van der Waals surface area contributed by atoms with Gasteiger partial charge in [0, 0.05) is 29.8 Å². The molecule has 0 amide bonds. The Hall–Kier alpha value is -2.01. The zero-order valence-corrected chi connectivity index (χ0v) is 11.4. The van der Waals surface area contributed by atoms with Crippen molar-refractivity contribution in [2.45, 2.75) is 11.8 Å². The Balaban J connectivity index is 2.49. The number of benzene rings is 1. The number of aryl methyl sites for hydroxylation is 1. The Morgan fingerprint density at radius 3 is 2.58 bits per heavy atom. The monoisotopic (exact) mass is 275 g/mol. The number of hydrogen-bond donors (Lipinski definition) is 0.